The summed E-state index contributed by atoms with van der Waals surface area (Å²) in [5.74, 6) is 0. The van der Waals surface area contributed by atoms with Crippen LogP contribution in [0.3, 0.4) is 0 Å². The number of hydrogen-bond acceptors (Lipinski definition) is 3. The summed E-state index contributed by atoms with van der Waals surface area (Å²) in [5.41, 5.74) is 1.65. The lowest BCUT2D eigenvalue weighted by molar-refractivity contribution is 0.583. The van der Waals surface area contributed by atoms with Crippen LogP contribution in [0.25, 0.3) is 5.69 Å². The first-order chi connectivity index (χ1) is 8.04. The van der Waals surface area contributed by atoms with Crippen molar-refractivity contribution >= 4 is 10.2 Å². The molecule has 6 nitrogen and oxygen atoms in total. The molecule has 0 aliphatic heterocycles. The van der Waals surface area contributed by atoms with Gasteiger partial charge in [-0.1, -0.05) is 18.2 Å². The van der Waals surface area contributed by atoms with Gasteiger partial charge in [0.2, 0.25) is 0 Å². The number of benzene rings is 1. The third-order valence-corrected chi connectivity index (χ3v) is 2.68. The van der Waals surface area contributed by atoms with Crippen molar-refractivity contribution in [1.82, 2.24) is 14.5 Å². The van der Waals surface area contributed by atoms with Crippen molar-refractivity contribution in [2.24, 2.45) is 5.14 Å². The lowest BCUT2D eigenvalue weighted by Crippen LogP contribution is -2.30. The molecule has 0 bridgehead atoms. The van der Waals surface area contributed by atoms with Crippen LogP contribution >= 0.6 is 0 Å². The van der Waals surface area contributed by atoms with Crippen molar-refractivity contribution in [3.05, 3.63) is 48.3 Å². The number of aromatic nitrogens is 2. The van der Waals surface area contributed by atoms with E-state index in [9.17, 15) is 8.42 Å². The summed E-state index contributed by atoms with van der Waals surface area (Å²) in [4.78, 5) is 0. The van der Waals surface area contributed by atoms with Crippen LogP contribution in [0.15, 0.2) is 42.7 Å². The van der Waals surface area contributed by atoms with E-state index >= 15 is 0 Å². The molecule has 2 rings (SSSR count). The number of nitrogens with one attached hydrogen (secondary N) is 1. The lowest BCUT2D eigenvalue weighted by Gasteiger charge is -2.00. The van der Waals surface area contributed by atoms with Crippen molar-refractivity contribution in [1.29, 1.82) is 0 Å². The second-order valence-corrected chi connectivity index (χ2v) is 4.87. The predicted octanol–water partition coefficient (Wildman–Crippen LogP) is 0.165. The van der Waals surface area contributed by atoms with Crippen molar-refractivity contribution in [3.63, 3.8) is 0 Å². The van der Waals surface area contributed by atoms with Crippen LogP contribution in [-0.4, -0.2) is 18.2 Å². The molecule has 2 aromatic rings. The van der Waals surface area contributed by atoms with Gasteiger partial charge in [0.1, 0.15) is 0 Å². The molecule has 3 N–H and O–H groups in total. The van der Waals surface area contributed by atoms with E-state index in [1.807, 2.05) is 30.3 Å². The highest BCUT2D eigenvalue weighted by Gasteiger charge is 2.04. The van der Waals surface area contributed by atoms with Crippen molar-refractivity contribution in [2.75, 3.05) is 0 Å². The normalized spacial score (nSPS) is 11.6. The summed E-state index contributed by atoms with van der Waals surface area (Å²) >= 11 is 0. The SMILES string of the molecule is NS(=O)(=O)NCc1cnn(-c2ccccc2)c1. The van der Waals surface area contributed by atoms with E-state index in [0.29, 0.717) is 0 Å². The second kappa shape index (κ2) is 4.66. The van der Waals surface area contributed by atoms with Gasteiger partial charge in [0.25, 0.3) is 10.2 Å². The van der Waals surface area contributed by atoms with E-state index in [4.69, 9.17) is 5.14 Å². The van der Waals surface area contributed by atoms with Crippen molar-refractivity contribution in [2.45, 2.75) is 6.54 Å². The topological polar surface area (TPSA) is 90.0 Å². The fourth-order valence-electron chi connectivity index (χ4n) is 1.36. The van der Waals surface area contributed by atoms with Gasteiger partial charge in [-0.3, -0.25) is 0 Å². The van der Waals surface area contributed by atoms with E-state index < -0.39 is 10.2 Å². The summed E-state index contributed by atoms with van der Waals surface area (Å²) < 4.78 is 25.3. The minimum atomic E-state index is -3.66. The molecule has 0 aliphatic rings. The molecular weight excluding hydrogens is 240 g/mol. The first-order valence-electron chi connectivity index (χ1n) is 4.91. The molecule has 17 heavy (non-hydrogen) atoms. The number of hydrogen-bond donors (Lipinski definition) is 2. The molecule has 1 aromatic carbocycles. The molecule has 90 valence electrons. The Morgan fingerprint density at radius 2 is 2.00 bits per heavy atom. The standard InChI is InChI=1S/C10H12N4O2S/c11-17(15,16)13-7-9-6-12-14(8-9)10-4-2-1-3-5-10/h1-6,8,13H,7H2,(H2,11,15,16). The summed E-state index contributed by atoms with van der Waals surface area (Å²) in [7, 11) is -3.66. The van der Waals surface area contributed by atoms with Gasteiger partial charge in [0.05, 0.1) is 11.9 Å². The molecule has 0 amide bonds. The van der Waals surface area contributed by atoms with Gasteiger partial charge >= 0.3 is 0 Å². The Morgan fingerprint density at radius 1 is 1.29 bits per heavy atom. The Balaban J connectivity index is 2.12. The van der Waals surface area contributed by atoms with Crippen LogP contribution in [-0.2, 0) is 16.8 Å². The average Bonchev–Trinajstić information content (AvgIpc) is 2.75. The number of rotatable bonds is 4. The van der Waals surface area contributed by atoms with Gasteiger partial charge in [-0.2, -0.15) is 18.2 Å². The fraction of sp³-hybridized carbons (Fsp3) is 0.100. The quantitative estimate of drug-likeness (QED) is 0.812. The summed E-state index contributed by atoms with van der Waals surface area (Å²) in [6.07, 6.45) is 3.33. The lowest BCUT2D eigenvalue weighted by atomic mass is 10.3. The average molecular weight is 252 g/mol. The van der Waals surface area contributed by atoms with Crippen LogP contribution in [0.2, 0.25) is 0 Å². The van der Waals surface area contributed by atoms with Crippen LogP contribution in [0.4, 0.5) is 0 Å². The zero-order chi connectivity index (χ0) is 12.3. The molecule has 0 atom stereocenters. The summed E-state index contributed by atoms with van der Waals surface area (Å²) in [5, 5.41) is 8.96. The highest BCUT2D eigenvalue weighted by atomic mass is 32.2. The first-order valence-corrected chi connectivity index (χ1v) is 6.45. The van der Waals surface area contributed by atoms with Gasteiger partial charge in [-0.25, -0.2) is 9.82 Å². The fourth-order valence-corrected chi connectivity index (χ4v) is 1.73. The Morgan fingerprint density at radius 3 is 2.65 bits per heavy atom. The molecule has 1 heterocycles. The van der Waals surface area contributed by atoms with Gasteiger partial charge in [0.15, 0.2) is 0 Å². The molecule has 0 spiro atoms. The largest absolute Gasteiger partial charge is 0.274 e. The number of para-hydroxylation sites is 1. The van der Waals surface area contributed by atoms with Gasteiger partial charge < -0.3 is 0 Å². The third kappa shape index (κ3) is 3.38. The maximum Gasteiger partial charge on any atom is 0.274 e. The Kier molecular flexibility index (Phi) is 3.23. The second-order valence-electron chi connectivity index (χ2n) is 3.49. The molecule has 0 unspecified atom stereocenters. The molecule has 0 aliphatic carbocycles. The maximum absolute atomic E-state index is 10.7. The number of nitrogens with zero attached hydrogens (tertiary/aromatic N) is 2. The highest BCUT2D eigenvalue weighted by Crippen LogP contribution is 2.07. The van der Waals surface area contributed by atoms with Crippen LogP contribution in [0, 0.1) is 0 Å². The van der Waals surface area contributed by atoms with Crippen molar-refractivity contribution < 1.29 is 8.42 Å². The molecule has 7 heteroatoms. The van der Waals surface area contributed by atoms with Gasteiger partial charge in [0, 0.05) is 18.3 Å². The highest BCUT2D eigenvalue weighted by molar-refractivity contribution is 7.87. The third-order valence-electron chi connectivity index (χ3n) is 2.13. The van der Waals surface area contributed by atoms with E-state index in [1.165, 1.54) is 0 Å². The maximum atomic E-state index is 10.7. The van der Waals surface area contributed by atoms with Crippen LogP contribution in [0.1, 0.15) is 5.56 Å². The first kappa shape index (κ1) is 11.8. The van der Waals surface area contributed by atoms with Gasteiger partial charge in [-0.05, 0) is 12.1 Å². The monoisotopic (exact) mass is 252 g/mol. The zero-order valence-electron chi connectivity index (χ0n) is 8.95. The molecular formula is C10H12N4O2S. The molecule has 0 saturated carbocycles. The molecule has 0 saturated heterocycles. The summed E-state index contributed by atoms with van der Waals surface area (Å²) in [6.45, 7) is 0.131. The predicted molar refractivity (Wildman–Crippen MR) is 63.5 cm³/mol. The van der Waals surface area contributed by atoms with Crippen LogP contribution in [0.5, 0.6) is 0 Å². The zero-order valence-corrected chi connectivity index (χ0v) is 9.76. The summed E-state index contributed by atoms with van der Waals surface area (Å²) in [6, 6.07) is 9.53. The van der Waals surface area contributed by atoms with Crippen LogP contribution < -0.4 is 9.86 Å². The molecule has 0 radical (unpaired) electrons. The Labute approximate surface area is 99.2 Å². The van der Waals surface area contributed by atoms with Gasteiger partial charge in [-0.15, -0.1) is 0 Å². The van der Waals surface area contributed by atoms with Crippen molar-refractivity contribution in [3.8, 4) is 5.69 Å². The van der Waals surface area contributed by atoms with E-state index in [1.54, 1.807) is 17.1 Å². The molecule has 1 aromatic heterocycles. The molecule has 0 fully saturated rings. The minimum absolute atomic E-state index is 0.131. The smallest absolute Gasteiger partial charge is 0.241 e. The Hall–Kier alpha value is -1.70. The Bertz CT molecular complexity index is 592. The van der Waals surface area contributed by atoms with E-state index in [0.717, 1.165) is 11.3 Å². The van der Waals surface area contributed by atoms with E-state index in [-0.39, 0.29) is 6.54 Å². The minimum Gasteiger partial charge on any atom is -0.241 e. The number of nitrogens with two attached hydrogens (primary N) is 1. The van der Waals surface area contributed by atoms with E-state index in [2.05, 4.69) is 9.82 Å².